The Labute approximate surface area is 256 Å². The summed E-state index contributed by atoms with van der Waals surface area (Å²) in [6, 6.07) is 12.1. The minimum atomic E-state index is -1.27. The molecule has 1 heterocycles. The van der Waals surface area contributed by atoms with E-state index in [-0.39, 0.29) is 31.1 Å². The first-order valence-corrected chi connectivity index (χ1v) is 14.6. The van der Waals surface area contributed by atoms with Gasteiger partial charge in [0.2, 0.25) is 11.8 Å². The van der Waals surface area contributed by atoms with Crippen LogP contribution in [0, 0.1) is 5.92 Å². The van der Waals surface area contributed by atoms with Gasteiger partial charge in [-0.1, -0.05) is 74.5 Å². The summed E-state index contributed by atoms with van der Waals surface area (Å²) in [7, 11) is 0. The van der Waals surface area contributed by atoms with Crippen LogP contribution in [0.3, 0.4) is 0 Å². The first-order valence-electron chi connectivity index (χ1n) is 14.6. The molecule has 13 nitrogen and oxygen atoms in total. The maximum absolute atomic E-state index is 13.7. The highest BCUT2D eigenvalue weighted by molar-refractivity contribution is 5.94. The number of amides is 4. The zero-order valence-electron chi connectivity index (χ0n) is 24.9. The largest absolute Gasteiger partial charge is 0.480 e. The van der Waals surface area contributed by atoms with Crippen molar-refractivity contribution in [3.05, 3.63) is 71.8 Å². The van der Waals surface area contributed by atoms with Crippen molar-refractivity contribution in [2.45, 2.75) is 69.7 Å². The summed E-state index contributed by atoms with van der Waals surface area (Å²) < 4.78 is 0. The molecule has 2 aromatic carbocycles. The molecule has 0 saturated carbocycles. The number of aliphatic imine (C=N–C) groups is 1. The molecule has 1 aliphatic rings. The summed E-state index contributed by atoms with van der Waals surface area (Å²) in [4.78, 5) is 67.9. The second-order valence-corrected chi connectivity index (χ2v) is 11.1. The average molecular weight is 608 g/mol. The Morgan fingerprint density at radius 2 is 1.52 bits per heavy atom. The molecule has 8 N–H and O–H groups in total. The quantitative estimate of drug-likeness (QED) is 0.142. The van der Waals surface area contributed by atoms with Gasteiger partial charge in [-0.25, -0.2) is 9.59 Å². The summed E-state index contributed by atoms with van der Waals surface area (Å²) in [6.07, 6.45) is 1.54. The van der Waals surface area contributed by atoms with Crippen molar-refractivity contribution in [2.24, 2.45) is 16.6 Å². The van der Waals surface area contributed by atoms with Crippen molar-refractivity contribution >= 4 is 36.1 Å². The lowest BCUT2D eigenvalue weighted by Crippen LogP contribution is -2.64. The van der Waals surface area contributed by atoms with E-state index in [1.807, 2.05) is 44.2 Å². The molecule has 3 rings (SSSR count). The number of hydrogen-bond donors (Lipinski definition) is 7. The number of carboxylic acids is 1. The zero-order valence-corrected chi connectivity index (χ0v) is 24.9. The second kappa shape index (κ2) is 16.6. The number of hydrogen-bond acceptors (Lipinski definition) is 8. The summed E-state index contributed by atoms with van der Waals surface area (Å²) in [6.45, 7) is 4.06. The molecule has 44 heavy (non-hydrogen) atoms. The third kappa shape index (κ3) is 10.7. The molecule has 1 aliphatic heterocycles. The van der Waals surface area contributed by atoms with Crippen LogP contribution in [-0.2, 0) is 32.0 Å². The third-order valence-corrected chi connectivity index (χ3v) is 7.04. The summed E-state index contributed by atoms with van der Waals surface area (Å²) >= 11 is 0. The average Bonchev–Trinajstić information content (AvgIpc) is 2.99. The van der Waals surface area contributed by atoms with Crippen molar-refractivity contribution in [1.82, 2.24) is 26.6 Å². The molecule has 0 saturated heterocycles. The molecule has 13 heteroatoms. The minimum Gasteiger partial charge on any atom is -0.480 e. The number of aldehydes is 1. The van der Waals surface area contributed by atoms with Crippen LogP contribution in [0.4, 0.5) is 4.79 Å². The second-order valence-electron chi connectivity index (χ2n) is 11.1. The van der Waals surface area contributed by atoms with Crippen LogP contribution in [-0.4, -0.2) is 77.9 Å². The van der Waals surface area contributed by atoms with Gasteiger partial charge in [-0.2, -0.15) is 0 Å². The number of urea groups is 1. The van der Waals surface area contributed by atoms with E-state index >= 15 is 0 Å². The number of carbonyl (C=O) groups is 5. The van der Waals surface area contributed by atoms with Gasteiger partial charge < -0.3 is 42.2 Å². The maximum atomic E-state index is 13.7. The Balaban J connectivity index is 1.75. The van der Waals surface area contributed by atoms with Gasteiger partial charge in [0.25, 0.3) is 0 Å². The maximum Gasteiger partial charge on any atom is 0.326 e. The van der Waals surface area contributed by atoms with Gasteiger partial charge in [0.15, 0.2) is 5.96 Å². The Kier molecular flexibility index (Phi) is 12.7. The van der Waals surface area contributed by atoms with Crippen LogP contribution in [0.5, 0.6) is 0 Å². The number of benzene rings is 2. The molecule has 0 fully saturated rings. The molecule has 236 valence electrons. The highest BCUT2D eigenvalue weighted by Crippen LogP contribution is 2.11. The fourth-order valence-corrected chi connectivity index (χ4v) is 4.87. The summed E-state index contributed by atoms with van der Waals surface area (Å²) in [5.41, 5.74) is 7.42. The van der Waals surface area contributed by atoms with Crippen LogP contribution >= 0.6 is 0 Å². The van der Waals surface area contributed by atoms with Crippen molar-refractivity contribution in [1.29, 1.82) is 0 Å². The predicted molar refractivity (Wildman–Crippen MR) is 165 cm³/mol. The van der Waals surface area contributed by atoms with Gasteiger partial charge >= 0.3 is 12.0 Å². The van der Waals surface area contributed by atoms with Gasteiger partial charge in [0.05, 0.1) is 12.1 Å². The molecule has 4 amide bonds. The van der Waals surface area contributed by atoms with E-state index < -0.39 is 54.0 Å². The lowest BCUT2D eigenvalue weighted by molar-refractivity contribution is -0.139. The van der Waals surface area contributed by atoms with Crippen LogP contribution in [0.2, 0.25) is 0 Å². The number of carboxylic acid groups (broad SMARTS) is 1. The fraction of sp³-hybridized carbons (Fsp3) is 0.419. The van der Waals surface area contributed by atoms with Crippen molar-refractivity contribution in [2.75, 3.05) is 6.54 Å². The molecular formula is C31H41N7O6. The third-order valence-electron chi connectivity index (χ3n) is 7.04. The lowest BCUT2D eigenvalue weighted by Gasteiger charge is -2.32. The SMILES string of the molecule is CC(C)C[C@H](NC(=O)[C@H](NC(=O)N[C@@H](Cc1ccccc1)C(=O)O)[C@@H]1CCN=C(N)N1)C(=O)NC(C=O)Cc1ccccc1. The molecule has 0 spiro atoms. The molecular weight excluding hydrogens is 566 g/mol. The predicted octanol–water partition coefficient (Wildman–Crippen LogP) is 0.484. The van der Waals surface area contributed by atoms with Crippen LogP contribution in [0.1, 0.15) is 37.8 Å². The van der Waals surface area contributed by atoms with Gasteiger partial charge in [0.1, 0.15) is 24.4 Å². The summed E-state index contributed by atoms with van der Waals surface area (Å²) in [5, 5.41) is 23.1. The van der Waals surface area contributed by atoms with Crippen LogP contribution in [0.15, 0.2) is 65.7 Å². The standard InChI is InChI=1S/C31H41N7O6/c1-19(2)15-24(27(40)34-22(18-39)16-20-9-5-3-6-10-20)35-28(41)26(23-13-14-33-30(32)36-23)38-31(44)37-25(29(42)43)17-21-11-7-4-8-12-21/h3-12,18-19,22-26H,13-17H2,1-2H3,(H,34,40)(H,35,41)(H,42,43)(H3,32,33,36)(H2,37,38,44)/t22?,23-,24-,25-,26+/m0/s1. The van der Waals surface area contributed by atoms with Crippen molar-refractivity contribution < 1.29 is 29.1 Å². The molecule has 0 aliphatic carbocycles. The molecule has 0 radical (unpaired) electrons. The highest BCUT2D eigenvalue weighted by atomic mass is 16.4. The van der Waals surface area contributed by atoms with E-state index in [4.69, 9.17) is 5.73 Å². The number of nitrogens with two attached hydrogens (primary N) is 1. The number of nitrogens with one attached hydrogen (secondary N) is 5. The van der Waals surface area contributed by atoms with E-state index in [0.29, 0.717) is 24.8 Å². The van der Waals surface area contributed by atoms with E-state index in [9.17, 15) is 29.1 Å². The molecule has 0 aromatic heterocycles. The highest BCUT2D eigenvalue weighted by Gasteiger charge is 2.35. The van der Waals surface area contributed by atoms with Gasteiger partial charge in [-0.3, -0.25) is 14.6 Å². The molecule has 2 aromatic rings. The molecule has 5 atom stereocenters. The molecule has 1 unspecified atom stereocenters. The molecule has 0 bridgehead atoms. The monoisotopic (exact) mass is 607 g/mol. The number of aliphatic carboxylic acids is 1. The normalized spacial score (nSPS) is 17.1. The van der Waals surface area contributed by atoms with Crippen molar-refractivity contribution in [3.63, 3.8) is 0 Å². The van der Waals surface area contributed by atoms with Gasteiger partial charge in [-0.15, -0.1) is 0 Å². The van der Waals surface area contributed by atoms with Crippen LogP contribution in [0.25, 0.3) is 0 Å². The van der Waals surface area contributed by atoms with Crippen LogP contribution < -0.4 is 32.3 Å². The topological polar surface area (TPSA) is 204 Å². The van der Waals surface area contributed by atoms with E-state index in [2.05, 4.69) is 31.6 Å². The zero-order chi connectivity index (χ0) is 32.1. The van der Waals surface area contributed by atoms with E-state index in [1.54, 1.807) is 30.3 Å². The first kappa shape index (κ1) is 33.6. The lowest BCUT2D eigenvalue weighted by atomic mass is 9.99. The Morgan fingerprint density at radius 3 is 2.07 bits per heavy atom. The number of nitrogens with zero attached hydrogens (tertiary/aromatic N) is 1. The van der Waals surface area contributed by atoms with Crippen molar-refractivity contribution in [3.8, 4) is 0 Å². The number of rotatable bonds is 15. The Bertz CT molecular complexity index is 1310. The Morgan fingerprint density at radius 1 is 0.909 bits per heavy atom. The summed E-state index contributed by atoms with van der Waals surface area (Å²) in [5.74, 6) is -2.40. The number of guanidine groups is 1. The Hall–Kier alpha value is -4.94. The fourth-order valence-electron chi connectivity index (χ4n) is 4.87. The van der Waals surface area contributed by atoms with E-state index in [0.717, 1.165) is 5.56 Å². The first-order chi connectivity index (χ1) is 21.0. The smallest absolute Gasteiger partial charge is 0.326 e. The van der Waals surface area contributed by atoms with E-state index in [1.165, 1.54) is 0 Å². The number of carbonyl (C=O) groups excluding carboxylic acids is 4. The van der Waals surface area contributed by atoms with Gasteiger partial charge in [-0.05, 0) is 36.3 Å². The minimum absolute atomic E-state index is 0.00513. The van der Waals surface area contributed by atoms with Gasteiger partial charge in [0, 0.05) is 13.0 Å².